The molecular weight excluding hydrogens is 296 g/mol. The highest BCUT2D eigenvalue weighted by Crippen LogP contribution is 2.29. The maximum absolute atomic E-state index is 9.04. The lowest BCUT2D eigenvalue weighted by Gasteiger charge is -2.14. The van der Waals surface area contributed by atoms with E-state index in [4.69, 9.17) is 19.1 Å². The maximum Gasteiger partial charge on any atom is 0.161 e. The molecule has 0 fully saturated rings. The number of hydrogen-bond donors (Lipinski definition) is 2. The fourth-order valence-corrected chi connectivity index (χ4v) is 2.16. The molecule has 2 aromatic rings. The summed E-state index contributed by atoms with van der Waals surface area (Å²) in [6.45, 7) is 6.84. The molecule has 0 saturated carbocycles. The third kappa shape index (κ3) is 4.46. The first kappa shape index (κ1) is 17.3. The summed E-state index contributed by atoms with van der Waals surface area (Å²) in [5.41, 5.74) is 2.85. The molecule has 6 heteroatoms. The molecule has 0 aliphatic heterocycles. The summed E-state index contributed by atoms with van der Waals surface area (Å²) < 4.78 is 16.4. The number of nitrogens with one attached hydrogen (secondary N) is 1. The average molecular weight is 320 g/mol. The van der Waals surface area contributed by atoms with Gasteiger partial charge in [-0.05, 0) is 38.5 Å². The Morgan fingerprint density at radius 2 is 2.09 bits per heavy atom. The van der Waals surface area contributed by atoms with Crippen molar-refractivity contribution in [3.63, 3.8) is 0 Å². The van der Waals surface area contributed by atoms with Crippen LogP contribution in [-0.4, -0.2) is 30.0 Å². The Hall–Kier alpha value is -2.05. The van der Waals surface area contributed by atoms with Gasteiger partial charge in [0.1, 0.15) is 12.4 Å². The molecule has 0 amide bonds. The molecule has 0 radical (unpaired) electrons. The van der Waals surface area contributed by atoms with Crippen LogP contribution < -0.4 is 14.8 Å². The fourth-order valence-electron chi connectivity index (χ4n) is 2.16. The second-order valence-corrected chi connectivity index (χ2v) is 5.54. The lowest BCUT2D eigenvalue weighted by Crippen LogP contribution is -2.28. The van der Waals surface area contributed by atoms with Gasteiger partial charge in [-0.25, -0.2) is 0 Å². The van der Waals surface area contributed by atoms with Crippen LogP contribution in [0.1, 0.15) is 29.5 Å². The van der Waals surface area contributed by atoms with E-state index in [9.17, 15) is 0 Å². The molecule has 1 aromatic carbocycles. The molecule has 0 unspecified atom stereocenters. The third-order valence-corrected chi connectivity index (χ3v) is 3.71. The van der Waals surface area contributed by atoms with Gasteiger partial charge in [0.2, 0.25) is 0 Å². The average Bonchev–Trinajstić information content (AvgIpc) is 2.89. The number of aromatic nitrogens is 1. The maximum atomic E-state index is 9.04. The lowest BCUT2D eigenvalue weighted by atomic mass is 10.2. The molecule has 1 heterocycles. The Bertz CT molecular complexity index is 620. The summed E-state index contributed by atoms with van der Waals surface area (Å²) in [6.07, 6.45) is 0. The topological polar surface area (TPSA) is 76.8 Å². The molecule has 126 valence electrons. The normalized spacial score (nSPS) is 12.2. The number of aliphatic hydroxyl groups is 1. The predicted octanol–water partition coefficient (Wildman–Crippen LogP) is 2.35. The zero-order valence-corrected chi connectivity index (χ0v) is 14.0. The lowest BCUT2D eigenvalue weighted by molar-refractivity contribution is 0.251. The minimum absolute atomic E-state index is 0.0523. The summed E-state index contributed by atoms with van der Waals surface area (Å²) in [6, 6.07) is 5.84. The zero-order valence-electron chi connectivity index (χ0n) is 14.0. The van der Waals surface area contributed by atoms with Crippen molar-refractivity contribution in [2.75, 3.05) is 13.7 Å². The van der Waals surface area contributed by atoms with Gasteiger partial charge in [0.25, 0.3) is 0 Å². The number of aliphatic hydroxyl groups excluding tert-OH is 1. The van der Waals surface area contributed by atoms with E-state index in [0.29, 0.717) is 24.7 Å². The van der Waals surface area contributed by atoms with Crippen molar-refractivity contribution in [2.45, 2.75) is 40.0 Å². The number of methoxy groups -OCH3 is 1. The summed E-state index contributed by atoms with van der Waals surface area (Å²) in [7, 11) is 1.62. The molecule has 23 heavy (non-hydrogen) atoms. The predicted molar refractivity (Wildman–Crippen MR) is 86.7 cm³/mol. The Balaban J connectivity index is 2.04. The smallest absolute Gasteiger partial charge is 0.161 e. The molecule has 0 spiro atoms. The molecule has 0 aliphatic rings. The van der Waals surface area contributed by atoms with Gasteiger partial charge in [-0.3, -0.25) is 0 Å². The highest BCUT2D eigenvalue weighted by Gasteiger charge is 2.12. The Kier molecular flexibility index (Phi) is 6.01. The van der Waals surface area contributed by atoms with Gasteiger partial charge in [-0.15, -0.1) is 0 Å². The fraction of sp³-hybridized carbons (Fsp3) is 0.471. The van der Waals surface area contributed by atoms with Gasteiger partial charge in [0.15, 0.2) is 11.5 Å². The van der Waals surface area contributed by atoms with Gasteiger partial charge >= 0.3 is 0 Å². The molecule has 6 nitrogen and oxygen atoms in total. The number of nitrogens with zero attached hydrogens (tertiary/aromatic N) is 1. The second-order valence-electron chi connectivity index (χ2n) is 5.54. The summed E-state index contributed by atoms with van der Waals surface area (Å²) in [5.74, 6) is 2.11. The molecule has 0 bridgehead atoms. The molecule has 1 aromatic heterocycles. The van der Waals surface area contributed by atoms with E-state index in [1.165, 1.54) is 0 Å². The molecule has 2 N–H and O–H groups in total. The van der Waals surface area contributed by atoms with E-state index >= 15 is 0 Å². The highest BCUT2D eigenvalue weighted by molar-refractivity contribution is 5.43. The monoisotopic (exact) mass is 320 g/mol. The van der Waals surface area contributed by atoms with Crippen molar-refractivity contribution in [1.82, 2.24) is 10.5 Å². The van der Waals surface area contributed by atoms with Crippen LogP contribution in [0.2, 0.25) is 0 Å². The van der Waals surface area contributed by atoms with Crippen LogP contribution in [0.4, 0.5) is 0 Å². The Morgan fingerprint density at radius 3 is 2.70 bits per heavy atom. The largest absolute Gasteiger partial charge is 0.493 e. The zero-order chi connectivity index (χ0) is 16.8. The first-order valence-corrected chi connectivity index (χ1v) is 7.60. The number of ether oxygens (including phenoxy) is 2. The van der Waals surface area contributed by atoms with Gasteiger partial charge in [-0.1, -0.05) is 11.2 Å². The van der Waals surface area contributed by atoms with Crippen molar-refractivity contribution in [3.05, 3.63) is 40.8 Å². The second kappa shape index (κ2) is 7.99. The first-order valence-electron chi connectivity index (χ1n) is 7.60. The molecular formula is C17H24N2O4. The van der Waals surface area contributed by atoms with Crippen LogP contribution >= 0.6 is 0 Å². The van der Waals surface area contributed by atoms with Crippen LogP contribution in [0, 0.1) is 13.8 Å². The van der Waals surface area contributed by atoms with Gasteiger partial charge < -0.3 is 24.4 Å². The minimum Gasteiger partial charge on any atom is -0.493 e. The quantitative estimate of drug-likeness (QED) is 0.777. The number of benzene rings is 1. The van der Waals surface area contributed by atoms with Crippen LogP contribution in [-0.2, 0) is 13.2 Å². The van der Waals surface area contributed by atoms with Crippen molar-refractivity contribution in [2.24, 2.45) is 0 Å². The van der Waals surface area contributed by atoms with Crippen molar-refractivity contribution in [1.29, 1.82) is 0 Å². The minimum atomic E-state index is 0.0523. The van der Waals surface area contributed by atoms with E-state index in [1.807, 2.05) is 39.0 Å². The number of hydrogen-bond acceptors (Lipinski definition) is 6. The van der Waals surface area contributed by atoms with Crippen molar-refractivity contribution >= 4 is 0 Å². The highest BCUT2D eigenvalue weighted by atomic mass is 16.5. The first-order chi connectivity index (χ1) is 11.0. The third-order valence-electron chi connectivity index (χ3n) is 3.71. The molecule has 2 rings (SSSR count). The molecule has 0 aliphatic carbocycles. The van der Waals surface area contributed by atoms with Gasteiger partial charge in [0.05, 0.1) is 25.0 Å². The van der Waals surface area contributed by atoms with Crippen LogP contribution in [0.3, 0.4) is 0 Å². The van der Waals surface area contributed by atoms with Crippen LogP contribution in [0.25, 0.3) is 0 Å². The van der Waals surface area contributed by atoms with E-state index in [0.717, 1.165) is 22.6 Å². The standard InChI is InChI=1S/C17H24N2O4/c1-11(9-20)18-8-14-5-6-16(17(7-14)21-4)22-10-15-12(2)19-23-13(15)3/h5-7,11,18,20H,8-10H2,1-4H3/t11-/m1/s1. The van der Waals surface area contributed by atoms with E-state index < -0.39 is 0 Å². The van der Waals surface area contributed by atoms with Crippen LogP contribution in [0.15, 0.2) is 22.7 Å². The van der Waals surface area contributed by atoms with E-state index in [2.05, 4.69) is 10.5 Å². The number of rotatable bonds is 8. The molecule has 1 atom stereocenters. The summed E-state index contributed by atoms with van der Waals surface area (Å²) in [5, 5.41) is 16.2. The Labute approximate surface area is 136 Å². The summed E-state index contributed by atoms with van der Waals surface area (Å²) >= 11 is 0. The van der Waals surface area contributed by atoms with E-state index in [1.54, 1.807) is 7.11 Å². The Morgan fingerprint density at radius 1 is 1.30 bits per heavy atom. The summed E-state index contributed by atoms with van der Waals surface area (Å²) in [4.78, 5) is 0. The van der Waals surface area contributed by atoms with Gasteiger partial charge in [0, 0.05) is 12.6 Å². The van der Waals surface area contributed by atoms with Crippen molar-refractivity contribution in [3.8, 4) is 11.5 Å². The van der Waals surface area contributed by atoms with Gasteiger partial charge in [-0.2, -0.15) is 0 Å². The van der Waals surface area contributed by atoms with E-state index in [-0.39, 0.29) is 12.6 Å². The molecule has 0 saturated heterocycles. The van der Waals surface area contributed by atoms with Crippen LogP contribution in [0.5, 0.6) is 11.5 Å². The van der Waals surface area contributed by atoms with Crippen molar-refractivity contribution < 1.29 is 19.1 Å². The SMILES string of the molecule is COc1cc(CN[C@H](C)CO)ccc1OCc1c(C)noc1C. The number of aryl methyl sites for hydroxylation is 2.